The van der Waals surface area contributed by atoms with Crippen molar-refractivity contribution in [1.82, 2.24) is 9.88 Å². The number of ether oxygens (including phenoxy) is 3. The highest BCUT2D eigenvalue weighted by atomic mass is 16.5. The Labute approximate surface area is 288 Å². The van der Waals surface area contributed by atoms with Crippen molar-refractivity contribution in [2.24, 2.45) is 17.6 Å². The largest absolute Gasteiger partial charge is 0.508 e. The summed E-state index contributed by atoms with van der Waals surface area (Å²) in [5, 5.41) is 35.3. The van der Waals surface area contributed by atoms with Crippen molar-refractivity contribution >= 4 is 40.0 Å². The maximum atomic E-state index is 14.4. The molecule has 0 bridgehead atoms. The van der Waals surface area contributed by atoms with Crippen molar-refractivity contribution in [2.45, 2.75) is 45.3 Å². The summed E-state index contributed by atoms with van der Waals surface area (Å²) >= 11 is 0. The van der Waals surface area contributed by atoms with Gasteiger partial charge in [0, 0.05) is 43.4 Å². The number of benzene rings is 2. The zero-order chi connectivity index (χ0) is 36.4. The predicted octanol–water partition coefficient (Wildman–Crippen LogP) is 3.33. The summed E-state index contributed by atoms with van der Waals surface area (Å²) in [5.74, 6) is -4.89. The Hall–Kier alpha value is -5.08. The minimum absolute atomic E-state index is 0.0302. The topological polar surface area (TPSA) is 198 Å². The molecular formula is C36H42N4O10. The van der Waals surface area contributed by atoms with Crippen LogP contribution in [0.5, 0.6) is 17.2 Å². The molecule has 1 aromatic heterocycles. The van der Waals surface area contributed by atoms with Crippen LogP contribution >= 0.6 is 0 Å². The molecule has 1 saturated carbocycles. The Morgan fingerprint density at radius 1 is 1.00 bits per heavy atom. The van der Waals surface area contributed by atoms with Crippen LogP contribution in [0.15, 0.2) is 39.5 Å². The number of hydrogen-bond acceptors (Lipinski definition) is 13. The van der Waals surface area contributed by atoms with E-state index >= 15 is 0 Å². The monoisotopic (exact) mass is 690 g/mol. The molecule has 14 heteroatoms. The van der Waals surface area contributed by atoms with Crippen molar-refractivity contribution < 1.29 is 48.3 Å². The molecular weight excluding hydrogens is 648 g/mol. The van der Waals surface area contributed by atoms with E-state index in [0.29, 0.717) is 59.4 Å². The average Bonchev–Trinajstić information content (AvgIpc) is 3.47. The summed E-state index contributed by atoms with van der Waals surface area (Å²) in [6.07, 6.45) is 0.262. The lowest BCUT2D eigenvalue weighted by atomic mass is 9.57. The van der Waals surface area contributed by atoms with E-state index in [1.807, 2.05) is 45.8 Å². The highest BCUT2D eigenvalue weighted by Gasteiger charge is 2.64. The average molecular weight is 691 g/mol. The smallest absolute Gasteiger partial charge is 0.255 e. The molecule has 3 aliphatic carbocycles. The van der Waals surface area contributed by atoms with Gasteiger partial charge in [-0.3, -0.25) is 19.3 Å². The lowest BCUT2D eigenvalue weighted by Crippen LogP contribution is -2.65. The SMILES string of the molecule is CCOc1cc(OCC)c(-c2nc3cc(N(C)C)c4c(c3o2)C(O)=C2C(=O)[C@]3(O)C(O)=C(C(N)=O)C(=O)[C@@H](N(C)C)[C@@H]3C[C@@H]2C4)cc1OCC. The van der Waals surface area contributed by atoms with Crippen LogP contribution in [0.25, 0.3) is 28.3 Å². The third kappa shape index (κ3) is 5.07. The number of anilines is 1. The molecule has 14 nitrogen and oxygen atoms in total. The van der Waals surface area contributed by atoms with E-state index in [0.717, 1.165) is 0 Å². The van der Waals surface area contributed by atoms with Gasteiger partial charge in [0.05, 0.1) is 37.0 Å². The zero-order valence-electron chi connectivity index (χ0n) is 29.1. The molecule has 1 amide bonds. The molecule has 1 heterocycles. The first kappa shape index (κ1) is 34.8. The summed E-state index contributed by atoms with van der Waals surface area (Å²) in [6, 6.07) is 4.12. The fraction of sp³-hybridized carbons (Fsp3) is 0.444. The normalized spacial score (nSPS) is 23.2. The second-order valence-corrected chi connectivity index (χ2v) is 13.1. The summed E-state index contributed by atoms with van der Waals surface area (Å²) in [6.45, 7) is 6.67. The zero-order valence-corrected chi connectivity index (χ0v) is 29.1. The Morgan fingerprint density at radius 2 is 1.62 bits per heavy atom. The number of carbonyl (C=O) groups excluding carboxylic acids is 3. The van der Waals surface area contributed by atoms with E-state index in [1.165, 1.54) is 4.90 Å². The van der Waals surface area contributed by atoms with Gasteiger partial charge < -0.3 is 44.6 Å². The van der Waals surface area contributed by atoms with Gasteiger partial charge in [0.2, 0.25) is 11.7 Å². The first-order valence-corrected chi connectivity index (χ1v) is 16.6. The molecule has 0 radical (unpaired) electrons. The number of fused-ring (bicyclic) bond motifs is 5. The van der Waals surface area contributed by atoms with E-state index in [9.17, 15) is 29.7 Å². The third-order valence-corrected chi connectivity index (χ3v) is 9.74. The van der Waals surface area contributed by atoms with Crippen LogP contribution in [0.2, 0.25) is 0 Å². The van der Waals surface area contributed by atoms with Crippen molar-refractivity contribution in [1.29, 1.82) is 0 Å². The Bertz CT molecular complexity index is 1990. The minimum atomic E-state index is -2.69. The van der Waals surface area contributed by atoms with Gasteiger partial charge in [0.1, 0.15) is 28.4 Å². The molecule has 0 aliphatic heterocycles. The number of carbonyl (C=O) groups is 3. The van der Waals surface area contributed by atoms with Crippen molar-refractivity contribution in [2.75, 3.05) is 52.9 Å². The molecule has 0 saturated heterocycles. The van der Waals surface area contributed by atoms with E-state index in [4.69, 9.17) is 29.3 Å². The lowest BCUT2D eigenvalue weighted by molar-refractivity contribution is -0.153. The van der Waals surface area contributed by atoms with Gasteiger partial charge in [0.15, 0.2) is 28.5 Å². The van der Waals surface area contributed by atoms with Crippen LogP contribution in [-0.2, 0) is 20.8 Å². The van der Waals surface area contributed by atoms with E-state index < -0.39 is 58.0 Å². The number of Topliss-reactive ketones (excluding diaryl/α,β-unsaturated/α-hetero) is 2. The van der Waals surface area contributed by atoms with Crippen LogP contribution in [0.4, 0.5) is 5.69 Å². The maximum absolute atomic E-state index is 14.4. The molecule has 50 heavy (non-hydrogen) atoms. The number of primary amides is 1. The van der Waals surface area contributed by atoms with Crippen molar-refractivity contribution in [3.63, 3.8) is 0 Å². The molecule has 5 N–H and O–H groups in total. The number of nitrogens with zero attached hydrogens (tertiary/aromatic N) is 3. The van der Waals surface area contributed by atoms with Crippen LogP contribution in [0, 0.1) is 11.8 Å². The Morgan fingerprint density at radius 3 is 2.20 bits per heavy atom. The number of oxazole rings is 1. The highest BCUT2D eigenvalue weighted by Crippen LogP contribution is 2.54. The molecule has 4 atom stereocenters. The molecule has 2 aromatic carbocycles. The summed E-state index contributed by atoms with van der Waals surface area (Å²) in [5.41, 5.74) is 4.39. The fourth-order valence-electron chi connectivity index (χ4n) is 7.71. The maximum Gasteiger partial charge on any atom is 0.255 e. The number of aliphatic hydroxyl groups excluding tert-OH is 2. The van der Waals surface area contributed by atoms with Gasteiger partial charge in [-0.2, -0.15) is 0 Å². The van der Waals surface area contributed by atoms with Gasteiger partial charge >= 0.3 is 0 Å². The number of aliphatic hydroxyl groups is 3. The molecule has 0 spiro atoms. The molecule has 6 rings (SSSR count). The van der Waals surface area contributed by atoms with Crippen molar-refractivity contribution in [3.05, 3.63) is 46.2 Å². The summed E-state index contributed by atoms with van der Waals surface area (Å²) in [4.78, 5) is 48.4. The number of likely N-dealkylation sites (N-methyl/N-ethyl adjacent to an activating group) is 1. The van der Waals surface area contributed by atoms with Gasteiger partial charge in [-0.15, -0.1) is 0 Å². The van der Waals surface area contributed by atoms with E-state index in [1.54, 1.807) is 26.2 Å². The molecule has 0 unspecified atom stereocenters. The first-order valence-electron chi connectivity index (χ1n) is 16.6. The number of rotatable bonds is 10. The van der Waals surface area contributed by atoms with Gasteiger partial charge in [-0.05, 0) is 65.3 Å². The Kier molecular flexibility index (Phi) is 8.81. The number of hydrogen-bond donors (Lipinski definition) is 4. The van der Waals surface area contributed by atoms with Gasteiger partial charge in [-0.25, -0.2) is 4.98 Å². The molecule has 1 fully saturated rings. The molecule has 266 valence electrons. The van der Waals surface area contributed by atoms with Crippen molar-refractivity contribution in [3.8, 4) is 28.7 Å². The highest BCUT2D eigenvalue weighted by molar-refractivity contribution is 6.24. The quantitative estimate of drug-likeness (QED) is 0.226. The Balaban J connectivity index is 1.59. The van der Waals surface area contributed by atoms with Gasteiger partial charge in [0.25, 0.3) is 5.91 Å². The summed E-state index contributed by atoms with van der Waals surface area (Å²) < 4.78 is 24.0. The number of ketones is 2. The van der Waals surface area contributed by atoms with Crippen LogP contribution in [-0.4, -0.2) is 102 Å². The predicted molar refractivity (Wildman–Crippen MR) is 183 cm³/mol. The second-order valence-electron chi connectivity index (χ2n) is 13.1. The van der Waals surface area contributed by atoms with Crippen LogP contribution in [0.3, 0.4) is 0 Å². The summed E-state index contributed by atoms with van der Waals surface area (Å²) in [7, 11) is 6.84. The van der Waals surface area contributed by atoms with E-state index in [-0.39, 0.29) is 35.5 Å². The first-order chi connectivity index (χ1) is 23.7. The number of amides is 1. The van der Waals surface area contributed by atoms with Crippen LogP contribution in [0.1, 0.15) is 38.3 Å². The lowest BCUT2D eigenvalue weighted by Gasteiger charge is -2.50. The van der Waals surface area contributed by atoms with Gasteiger partial charge in [-0.1, -0.05) is 0 Å². The molecule has 3 aromatic rings. The minimum Gasteiger partial charge on any atom is -0.508 e. The second kappa shape index (κ2) is 12.7. The number of aromatic nitrogens is 1. The fourth-order valence-corrected chi connectivity index (χ4v) is 7.71. The van der Waals surface area contributed by atoms with Crippen LogP contribution < -0.4 is 24.8 Å². The van der Waals surface area contributed by atoms with E-state index in [2.05, 4.69) is 0 Å². The third-order valence-electron chi connectivity index (χ3n) is 9.74. The standard InChI is InChI=1S/C36H42N4O10/c1-8-47-22-15-24(49-10-3)23(48-9-2)13-18(22)35-38-20-14-21(39(4)5)17-11-16-12-19-28(40(6)7)30(42)27(34(37)45)33(44)36(19,46)32(43)25(16)29(41)26(17)31(20)50-35/h13-16,19,28,41,44,46H,8-12H2,1-7H3,(H2,37,45)/t16-,19-,28-,36-/m0/s1. The number of nitrogens with two attached hydrogens (primary N) is 1. The molecule has 3 aliphatic rings.